The topological polar surface area (TPSA) is 74.7 Å². The minimum Gasteiger partial charge on any atom is -0.379 e. The molecular weight excluding hydrogens is 368 g/mol. The Morgan fingerprint density at radius 2 is 1.86 bits per heavy atom. The highest BCUT2D eigenvalue weighted by molar-refractivity contribution is 5.78. The van der Waals surface area contributed by atoms with Crippen molar-refractivity contribution < 1.29 is 9.53 Å². The highest BCUT2D eigenvalue weighted by Crippen LogP contribution is 2.20. The third kappa shape index (κ3) is 4.89. The number of hydrogen-bond acceptors (Lipinski definition) is 7. The molecule has 8 nitrogen and oxygen atoms in total. The quantitative estimate of drug-likeness (QED) is 0.749. The van der Waals surface area contributed by atoms with Crippen LogP contribution in [0, 0.1) is 0 Å². The predicted molar refractivity (Wildman–Crippen MR) is 111 cm³/mol. The molecule has 2 aromatic rings. The molecule has 2 aromatic heterocycles. The molecular formula is C21H28N6O2. The van der Waals surface area contributed by atoms with Crippen LogP contribution in [0.4, 0.5) is 5.82 Å². The van der Waals surface area contributed by atoms with Gasteiger partial charge in [0.05, 0.1) is 19.8 Å². The Bertz CT molecular complexity index is 817. The van der Waals surface area contributed by atoms with Gasteiger partial charge in [-0.15, -0.1) is 0 Å². The second-order valence-electron chi connectivity index (χ2n) is 7.37. The van der Waals surface area contributed by atoms with Gasteiger partial charge in [-0.25, -0.2) is 9.97 Å². The lowest BCUT2D eigenvalue weighted by atomic mass is 10.2. The number of aryl methyl sites for hydroxylation is 1. The maximum atomic E-state index is 12.6. The molecule has 0 aliphatic carbocycles. The largest absolute Gasteiger partial charge is 0.379 e. The normalized spacial score (nSPS) is 18.1. The number of anilines is 1. The van der Waals surface area contributed by atoms with E-state index in [-0.39, 0.29) is 5.91 Å². The Labute approximate surface area is 171 Å². The zero-order chi connectivity index (χ0) is 20.1. The molecule has 2 aliphatic rings. The van der Waals surface area contributed by atoms with E-state index in [1.807, 2.05) is 23.1 Å². The van der Waals surface area contributed by atoms with E-state index in [0.29, 0.717) is 38.7 Å². The van der Waals surface area contributed by atoms with E-state index in [4.69, 9.17) is 9.72 Å². The van der Waals surface area contributed by atoms with Gasteiger partial charge >= 0.3 is 0 Å². The fourth-order valence-electron chi connectivity index (χ4n) is 3.67. The van der Waals surface area contributed by atoms with Gasteiger partial charge in [0.15, 0.2) is 5.82 Å². The van der Waals surface area contributed by atoms with Crippen molar-refractivity contribution >= 4 is 11.7 Å². The fraction of sp³-hybridized carbons (Fsp3) is 0.524. The molecule has 0 radical (unpaired) electrons. The lowest BCUT2D eigenvalue weighted by Gasteiger charge is -2.37. The van der Waals surface area contributed by atoms with Crippen LogP contribution in [0.1, 0.15) is 12.6 Å². The predicted octanol–water partition coefficient (Wildman–Crippen LogP) is 1.08. The number of carbonyl (C=O) groups is 1. The number of carbonyl (C=O) groups excluding carboxylic acids is 1. The fourth-order valence-corrected chi connectivity index (χ4v) is 3.67. The van der Waals surface area contributed by atoms with Crippen LogP contribution in [0.25, 0.3) is 11.5 Å². The van der Waals surface area contributed by atoms with E-state index < -0.39 is 0 Å². The average Bonchev–Trinajstić information content (AvgIpc) is 2.80. The first-order valence-corrected chi connectivity index (χ1v) is 10.3. The number of rotatable bonds is 5. The summed E-state index contributed by atoms with van der Waals surface area (Å²) in [5.74, 6) is 1.78. The van der Waals surface area contributed by atoms with Crippen molar-refractivity contribution in [3.8, 4) is 11.5 Å². The molecule has 0 saturated carbocycles. The van der Waals surface area contributed by atoms with Crippen molar-refractivity contribution in [2.75, 3.05) is 63.9 Å². The Balaban J connectivity index is 1.41. The first-order chi connectivity index (χ1) is 14.2. The maximum Gasteiger partial charge on any atom is 0.236 e. The Morgan fingerprint density at radius 1 is 1.07 bits per heavy atom. The molecule has 4 rings (SSSR count). The van der Waals surface area contributed by atoms with Crippen LogP contribution < -0.4 is 4.90 Å². The van der Waals surface area contributed by atoms with Gasteiger partial charge in [0.2, 0.25) is 5.91 Å². The van der Waals surface area contributed by atoms with Crippen molar-refractivity contribution in [2.24, 2.45) is 0 Å². The second kappa shape index (κ2) is 9.28. The van der Waals surface area contributed by atoms with Gasteiger partial charge in [-0.1, -0.05) is 13.0 Å². The lowest BCUT2D eigenvalue weighted by molar-refractivity contribution is -0.133. The van der Waals surface area contributed by atoms with Gasteiger partial charge < -0.3 is 14.5 Å². The summed E-state index contributed by atoms with van der Waals surface area (Å²) in [4.78, 5) is 32.8. The van der Waals surface area contributed by atoms with Crippen molar-refractivity contribution in [2.45, 2.75) is 13.3 Å². The van der Waals surface area contributed by atoms with Crippen molar-refractivity contribution in [3.05, 3.63) is 36.2 Å². The molecule has 29 heavy (non-hydrogen) atoms. The summed E-state index contributed by atoms with van der Waals surface area (Å²) in [6.07, 6.45) is 2.60. The van der Waals surface area contributed by atoms with Gasteiger partial charge in [-0.05, 0) is 18.6 Å². The molecule has 0 atom stereocenters. The minimum atomic E-state index is 0.206. The van der Waals surface area contributed by atoms with Crippen molar-refractivity contribution in [1.82, 2.24) is 24.8 Å². The van der Waals surface area contributed by atoms with E-state index in [1.54, 1.807) is 6.20 Å². The van der Waals surface area contributed by atoms with E-state index in [2.05, 4.69) is 32.8 Å². The Morgan fingerprint density at radius 3 is 2.55 bits per heavy atom. The SMILES string of the molecule is CCc1cc(N2CCN(C(=O)CN3CCOCC3)CC2)nc(-c2ccccn2)n1. The average molecular weight is 396 g/mol. The number of piperazine rings is 1. The first-order valence-electron chi connectivity index (χ1n) is 10.3. The number of hydrogen-bond donors (Lipinski definition) is 0. The van der Waals surface area contributed by atoms with Crippen LogP contribution in [0.2, 0.25) is 0 Å². The highest BCUT2D eigenvalue weighted by Gasteiger charge is 2.24. The third-order valence-electron chi connectivity index (χ3n) is 5.44. The summed E-state index contributed by atoms with van der Waals surface area (Å²) >= 11 is 0. The molecule has 0 N–H and O–H groups in total. The molecule has 2 saturated heterocycles. The second-order valence-corrected chi connectivity index (χ2v) is 7.37. The van der Waals surface area contributed by atoms with E-state index in [1.165, 1.54) is 0 Å². The molecule has 0 bridgehead atoms. The summed E-state index contributed by atoms with van der Waals surface area (Å²) < 4.78 is 5.36. The standard InChI is InChI=1S/C21H28N6O2/c1-2-17-15-19(24-21(23-17)18-5-3-4-6-22-18)26-7-9-27(10-8-26)20(28)16-25-11-13-29-14-12-25/h3-6,15H,2,7-14,16H2,1H3. The summed E-state index contributed by atoms with van der Waals surface area (Å²) in [6.45, 7) is 8.66. The van der Waals surface area contributed by atoms with Gasteiger partial charge in [0.25, 0.3) is 0 Å². The number of pyridine rings is 1. The minimum absolute atomic E-state index is 0.206. The Kier molecular flexibility index (Phi) is 6.31. The summed E-state index contributed by atoms with van der Waals surface area (Å²) in [5, 5.41) is 0. The summed E-state index contributed by atoms with van der Waals surface area (Å²) in [5.41, 5.74) is 1.78. The zero-order valence-corrected chi connectivity index (χ0v) is 17.0. The molecule has 1 amide bonds. The summed E-state index contributed by atoms with van der Waals surface area (Å²) in [6, 6.07) is 7.82. The molecule has 0 aromatic carbocycles. The molecule has 154 valence electrons. The summed E-state index contributed by atoms with van der Waals surface area (Å²) in [7, 11) is 0. The molecule has 0 unspecified atom stereocenters. The molecule has 2 fully saturated rings. The van der Waals surface area contributed by atoms with Crippen LogP contribution >= 0.6 is 0 Å². The maximum absolute atomic E-state index is 12.6. The molecule has 8 heteroatoms. The first kappa shape index (κ1) is 19.7. The smallest absolute Gasteiger partial charge is 0.236 e. The molecule has 2 aliphatic heterocycles. The van der Waals surface area contributed by atoms with Crippen LogP contribution in [0.15, 0.2) is 30.5 Å². The third-order valence-corrected chi connectivity index (χ3v) is 5.44. The number of nitrogens with zero attached hydrogens (tertiary/aromatic N) is 6. The number of ether oxygens (including phenoxy) is 1. The highest BCUT2D eigenvalue weighted by atomic mass is 16.5. The number of morpholine rings is 1. The van der Waals surface area contributed by atoms with Crippen LogP contribution in [0.3, 0.4) is 0 Å². The van der Waals surface area contributed by atoms with Gasteiger partial charge in [-0.3, -0.25) is 14.7 Å². The van der Waals surface area contributed by atoms with Crippen LogP contribution in [-0.2, 0) is 16.0 Å². The van der Waals surface area contributed by atoms with Crippen LogP contribution in [-0.4, -0.2) is 89.7 Å². The molecule has 0 spiro atoms. The Hall–Kier alpha value is -2.58. The van der Waals surface area contributed by atoms with Gasteiger partial charge in [0.1, 0.15) is 11.5 Å². The lowest BCUT2D eigenvalue weighted by Crippen LogP contribution is -2.52. The van der Waals surface area contributed by atoms with E-state index in [9.17, 15) is 4.79 Å². The van der Waals surface area contributed by atoms with Crippen LogP contribution in [0.5, 0.6) is 0 Å². The molecule has 4 heterocycles. The number of aromatic nitrogens is 3. The monoisotopic (exact) mass is 396 g/mol. The number of amides is 1. The van der Waals surface area contributed by atoms with Gasteiger partial charge in [-0.2, -0.15) is 0 Å². The van der Waals surface area contributed by atoms with Crippen molar-refractivity contribution in [3.63, 3.8) is 0 Å². The van der Waals surface area contributed by atoms with E-state index >= 15 is 0 Å². The van der Waals surface area contributed by atoms with Crippen molar-refractivity contribution in [1.29, 1.82) is 0 Å². The van der Waals surface area contributed by atoms with Gasteiger partial charge in [0, 0.05) is 57.2 Å². The zero-order valence-electron chi connectivity index (χ0n) is 17.0. The van der Waals surface area contributed by atoms with E-state index in [0.717, 1.165) is 49.8 Å².